The summed E-state index contributed by atoms with van der Waals surface area (Å²) in [6, 6.07) is 35.7. The van der Waals surface area contributed by atoms with Crippen molar-refractivity contribution in [3.63, 3.8) is 0 Å². The van der Waals surface area contributed by atoms with Gasteiger partial charge in [0.15, 0.2) is 0 Å². The average molecular weight is 619 g/mol. The van der Waals surface area contributed by atoms with Gasteiger partial charge in [-0.1, -0.05) is 72.3 Å². The molecule has 0 saturated carbocycles. The normalized spacial score (nSPS) is 11.7. The highest BCUT2D eigenvalue weighted by molar-refractivity contribution is 8.00. The maximum Gasteiger partial charge on any atom is 0.272 e. The Balaban J connectivity index is 1.32. The first kappa shape index (κ1) is 30.3. The van der Waals surface area contributed by atoms with Crippen molar-refractivity contribution < 1.29 is 14.4 Å². The number of amides is 3. The molecule has 0 bridgehead atoms. The quantitative estimate of drug-likeness (QED) is 0.110. The van der Waals surface area contributed by atoms with Gasteiger partial charge in [-0.2, -0.15) is 0 Å². The number of nitrogens with zero attached hydrogens (tertiary/aromatic N) is 1. The van der Waals surface area contributed by atoms with E-state index < -0.39 is 17.1 Å². The summed E-state index contributed by atoms with van der Waals surface area (Å²) in [4.78, 5) is 44.4. The summed E-state index contributed by atoms with van der Waals surface area (Å²) in [6.07, 6.45) is 4.83. The Morgan fingerprint density at radius 1 is 0.705 bits per heavy atom. The van der Waals surface area contributed by atoms with E-state index in [0.29, 0.717) is 27.5 Å². The SMILES string of the molecule is O=C(Nc1ccc(SC(C(=O)Nc2ccncc2)c2ccccc2)cc1)/C(=C/c1ccc(Cl)cc1)NC(=O)c1ccccc1. The van der Waals surface area contributed by atoms with Gasteiger partial charge in [-0.15, -0.1) is 11.8 Å². The van der Waals surface area contributed by atoms with Gasteiger partial charge < -0.3 is 16.0 Å². The second kappa shape index (κ2) is 14.8. The zero-order valence-corrected chi connectivity index (χ0v) is 24.9. The molecule has 0 aliphatic carbocycles. The second-order valence-electron chi connectivity index (χ2n) is 9.54. The molecule has 218 valence electrons. The minimum Gasteiger partial charge on any atom is -0.325 e. The van der Waals surface area contributed by atoms with Crippen LogP contribution in [0.2, 0.25) is 5.02 Å². The number of pyridine rings is 1. The summed E-state index contributed by atoms with van der Waals surface area (Å²) in [6.45, 7) is 0. The summed E-state index contributed by atoms with van der Waals surface area (Å²) < 4.78 is 0. The van der Waals surface area contributed by atoms with Crippen molar-refractivity contribution in [3.05, 3.63) is 161 Å². The summed E-state index contributed by atoms with van der Waals surface area (Å²) in [5, 5.41) is 8.58. The van der Waals surface area contributed by atoms with Gasteiger partial charge in [0.2, 0.25) is 5.91 Å². The molecule has 0 saturated heterocycles. The molecule has 5 aromatic rings. The van der Waals surface area contributed by atoms with Crippen molar-refractivity contribution in [1.82, 2.24) is 10.3 Å². The van der Waals surface area contributed by atoms with Gasteiger partial charge in [0.1, 0.15) is 10.9 Å². The number of thioether (sulfide) groups is 1. The molecule has 7 nitrogen and oxygen atoms in total. The molecule has 0 aliphatic rings. The molecule has 1 heterocycles. The van der Waals surface area contributed by atoms with Crippen LogP contribution < -0.4 is 16.0 Å². The average Bonchev–Trinajstić information content (AvgIpc) is 3.06. The fourth-order valence-corrected chi connectivity index (χ4v) is 5.31. The molecule has 0 radical (unpaired) electrons. The van der Waals surface area contributed by atoms with Crippen molar-refractivity contribution >= 4 is 58.5 Å². The minimum absolute atomic E-state index is 0.0663. The molecule has 1 unspecified atom stereocenters. The van der Waals surface area contributed by atoms with Crippen LogP contribution in [0.4, 0.5) is 11.4 Å². The summed E-state index contributed by atoms with van der Waals surface area (Å²) in [7, 11) is 0. The Morgan fingerprint density at radius 3 is 1.98 bits per heavy atom. The van der Waals surface area contributed by atoms with Crippen molar-refractivity contribution in [3.8, 4) is 0 Å². The van der Waals surface area contributed by atoms with Gasteiger partial charge in [-0.05, 0) is 77.9 Å². The van der Waals surface area contributed by atoms with Crippen LogP contribution in [0.25, 0.3) is 6.08 Å². The smallest absolute Gasteiger partial charge is 0.272 e. The highest BCUT2D eigenvalue weighted by Crippen LogP contribution is 2.36. The van der Waals surface area contributed by atoms with E-state index in [1.54, 1.807) is 91.3 Å². The van der Waals surface area contributed by atoms with Gasteiger partial charge in [0.05, 0.1) is 0 Å². The first-order chi connectivity index (χ1) is 21.4. The summed E-state index contributed by atoms with van der Waals surface area (Å²) >= 11 is 7.41. The van der Waals surface area contributed by atoms with Crippen molar-refractivity contribution in [2.75, 3.05) is 10.6 Å². The predicted octanol–water partition coefficient (Wildman–Crippen LogP) is 7.62. The zero-order chi connectivity index (χ0) is 30.7. The van der Waals surface area contributed by atoms with E-state index in [9.17, 15) is 14.4 Å². The van der Waals surface area contributed by atoms with Crippen molar-refractivity contribution in [2.24, 2.45) is 0 Å². The third kappa shape index (κ3) is 8.44. The number of benzene rings is 4. The summed E-state index contributed by atoms with van der Waals surface area (Å²) in [5.41, 5.74) is 3.21. The van der Waals surface area contributed by atoms with Gasteiger partial charge in [0, 0.05) is 39.3 Å². The Bertz CT molecular complexity index is 1750. The number of hydrogen-bond acceptors (Lipinski definition) is 5. The molecule has 44 heavy (non-hydrogen) atoms. The largest absolute Gasteiger partial charge is 0.325 e. The van der Waals surface area contributed by atoms with Gasteiger partial charge in [-0.3, -0.25) is 19.4 Å². The van der Waals surface area contributed by atoms with Gasteiger partial charge in [0.25, 0.3) is 11.8 Å². The maximum absolute atomic E-state index is 13.4. The first-order valence-electron chi connectivity index (χ1n) is 13.6. The number of rotatable bonds is 10. The number of carbonyl (C=O) groups excluding carboxylic acids is 3. The second-order valence-corrected chi connectivity index (χ2v) is 11.2. The highest BCUT2D eigenvalue weighted by Gasteiger charge is 2.22. The number of carbonyl (C=O) groups is 3. The number of nitrogens with one attached hydrogen (secondary N) is 3. The third-order valence-corrected chi connectivity index (χ3v) is 7.88. The number of anilines is 2. The molecule has 3 amide bonds. The third-order valence-electron chi connectivity index (χ3n) is 6.36. The fraction of sp³-hybridized carbons (Fsp3) is 0.0286. The molecule has 5 rings (SSSR count). The maximum atomic E-state index is 13.4. The molecular formula is C35H27ClN4O3S. The van der Waals surface area contributed by atoms with Crippen LogP contribution in [0.3, 0.4) is 0 Å². The van der Waals surface area contributed by atoms with Crippen LogP contribution in [0.15, 0.2) is 144 Å². The highest BCUT2D eigenvalue weighted by atomic mass is 35.5. The first-order valence-corrected chi connectivity index (χ1v) is 14.9. The topological polar surface area (TPSA) is 100 Å². The van der Waals surface area contributed by atoms with Crippen LogP contribution in [0.5, 0.6) is 0 Å². The molecule has 4 aromatic carbocycles. The molecule has 9 heteroatoms. The van der Waals surface area contributed by atoms with Crippen LogP contribution >= 0.6 is 23.4 Å². The van der Waals surface area contributed by atoms with Crippen molar-refractivity contribution in [1.29, 1.82) is 0 Å². The number of halogens is 1. The summed E-state index contributed by atoms with van der Waals surface area (Å²) in [5.74, 6) is -1.08. The molecule has 0 fully saturated rings. The van der Waals surface area contributed by atoms with E-state index in [0.717, 1.165) is 10.5 Å². The van der Waals surface area contributed by atoms with Crippen LogP contribution in [0, 0.1) is 0 Å². The van der Waals surface area contributed by atoms with E-state index in [4.69, 9.17) is 11.6 Å². The van der Waals surface area contributed by atoms with Crippen LogP contribution in [-0.4, -0.2) is 22.7 Å². The fourth-order valence-electron chi connectivity index (χ4n) is 4.16. The Kier molecular flexibility index (Phi) is 10.2. The molecule has 0 spiro atoms. The van der Waals surface area contributed by atoms with Crippen LogP contribution in [-0.2, 0) is 9.59 Å². The van der Waals surface area contributed by atoms with Gasteiger partial charge >= 0.3 is 0 Å². The number of hydrogen-bond donors (Lipinski definition) is 3. The lowest BCUT2D eigenvalue weighted by atomic mass is 10.1. The Labute approximate surface area is 264 Å². The standard InChI is InChI=1S/C35H27ClN4O3S/c36-27-13-11-24(12-14-27)23-31(40-33(41)26-9-5-2-6-10-26)34(42)38-28-15-17-30(18-16-28)44-32(25-7-3-1-4-8-25)35(43)39-29-19-21-37-22-20-29/h1-23,32H,(H,38,42)(H,40,41)(H,37,39,43)/b31-23-. The van der Waals surface area contributed by atoms with Gasteiger partial charge in [-0.25, -0.2) is 0 Å². The van der Waals surface area contributed by atoms with E-state index in [1.165, 1.54) is 11.8 Å². The van der Waals surface area contributed by atoms with E-state index in [-0.39, 0.29) is 11.6 Å². The van der Waals surface area contributed by atoms with E-state index in [2.05, 4.69) is 20.9 Å². The molecule has 3 N–H and O–H groups in total. The molecule has 1 atom stereocenters. The predicted molar refractivity (Wildman–Crippen MR) is 176 cm³/mol. The van der Waals surface area contributed by atoms with E-state index >= 15 is 0 Å². The minimum atomic E-state index is -0.521. The Morgan fingerprint density at radius 2 is 1.32 bits per heavy atom. The lowest BCUT2D eigenvalue weighted by molar-refractivity contribution is -0.116. The number of aromatic nitrogens is 1. The molecular weight excluding hydrogens is 592 g/mol. The zero-order valence-electron chi connectivity index (χ0n) is 23.3. The molecule has 1 aromatic heterocycles. The monoisotopic (exact) mass is 618 g/mol. The Hall–Kier alpha value is -5.18. The lowest BCUT2D eigenvalue weighted by Gasteiger charge is -2.17. The van der Waals surface area contributed by atoms with E-state index in [1.807, 2.05) is 48.5 Å². The van der Waals surface area contributed by atoms with Crippen molar-refractivity contribution in [2.45, 2.75) is 10.1 Å². The van der Waals surface area contributed by atoms with Crippen LogP contribution in [0.1, 0.15) is 26.7 Å². The lowest BCUT2D eigenvalue weighted by Crippen LogP contribution is -2.30. The molecule has 0 aliphatic heterocycles.